The van der Waals surface area contributed by atoms with Gasteiger partial charge in [0.05, 0.1) is 0 Å². The smallest absolute Gasteiger partial charge is 0.311 e. The van der Waals surface area contributed by atoms with Crippen molar-refractivity contribution in [3.8, 4) is 0 Å². The summed E-state index contributed by atoms with van der Waals surface area (Å²) in [6.07, 6.45) is 13.5. The molecule has 134 valence electrons. The highest BCUT2D eigenvalue weighted by Crippen LogP contribution is 2.42. The molecular weight excluding hydrogens is 300 g/mol. The van der Waals surface area contributed by atoms with E-state index in [0.29, 0.717) is 5.92 Å². The van der Waals surface area contributed by atoms with Crippen LogP contribution in [0.2, 0.25) is 0 Å². The summed E-state index contributed by atoms with van der Waals surface area (Å²) >= 11 is 0. The Morgan fingerprint density at radius 3 is 1.43 bits per heavy atom. The number of carbonyl (C=O) groups excluding carboxylic acids is 2. The van der Waals surface area contributed by atoms with Crippen molar-refractivity contribution in [2.24, 2.45) is 11.8 Å². The van der Waals surface area contributed by atoms with E-state index in [-0.39, 0.29) is 12.1 Å². The van der Waals surface area contributed by atoms with Crippen LogP contribution in [0.25, 0.3) is 0 Å². The van der Waals surface area contributed by atoms with Crippen molar-refractivity contribution in [2.75, 3.05) is 0 Å². The van der Waals surface area contributed by atoms with Crippen LogP contribution in [0.4, 0.5) is 8.78 Å². The third-order valence-electron chi connectivity index (χ3n) is 5.18. The van der Waals surface area contributed by atoms with E-state index in [1.54, 1.807) is 0 Å². The lowest BCUT2D eigenvalue weighted by Gasteiger charge is -2.30. The topological polar surface area (TPSA) is 46.2 Å². The predicted molar refractivity (Wildman–Crippen MR) is 85.2 cm³/mol. The van der Waals surface area contributed by atoms with Gasteiger partial charge in [-0.3, -0.25) is 0 Å². The Balaban J connectivity index is 0.000000223. The Hall–Kier alpha value is -0.800. The fourth-order valence-corrected chi connectivity index (χ4v) is 3.57. The first-order chi connectivity index (χ1) is 11.1. The molecular formula is C18H31F2NO2. The van der Waals surface area contributed by atoms with Gasteiger partial charge in [-0.15, -0.1) is 0 Å². The summed E-state index contributed by atoms with van der Waals surface area (Å²) < 4.78 is 22.9. The average molecular weight is 331 g/mol. The summed E-state index contributed by atoms with van der Waals surface area (Å²) in [6, 6.07) is 1.74. The lowest BCUT2D eigenvalue weighted by Crippen LogP contribution is -2.40. The first kappa shape index (κ1) is 20.2. The first-order valence-corrected chi connectivity index (χ1v) is 9.12. The highest BCUT2D eigenvalue weighted by molar-refractivity contribution is 5.20. The van der Waals surface area contributed by atoms with E-state index in [0.717, 1.165) is 18.5 Å². The zero-order valence-corrected chi connectivity index (χ0v) is 14.2. The fraction of sp³-hybridized carbons (Fsp3) is 0.944. The van der Waals surface area contributed by atoms with E-state index in [2.05, 4.69) is 5.32 Å². The molecule has 0 aromatic heterocycles. The monoisotopic (exact) mass is 331 g/mol. The minimum absolute atomic E-state index is 0.250. The summed E-state index contributed by atoms with van der Waals surface area (Å²) in [5.74, 6) is 0.0278. The third kappa shape index (κ3) is 9.17. The molecule has 2 unspecified atom stereocenters. The van der Waals surface area contributed by atoms with Crippen LogP contribution in [0.3, 0.4) is 0 Å². The van der Waals surface area contributed by atoms with Crippen molar-refractivity contribution in [1.82, 2.24) is 5.32 Å². The Kier molecular flexibility index (Phi) is 10.3. The number of hydrogen-bond acceptors (Lipinski definition) is 3. The minimum Gasteiger partial charge on any atom is -0.311 e. The lowest BCUT2D eigenvalue weighted by molar-refractivity contribution is -0.191. The number of rotatable bonds is 3. The lowest BCUT2D eigenvalue weighted by atomic mass is 9.91. The maximum Gasteiger partial charge on any atom is 0.373 e. The van der Waals surface area contributed by atoms with Crippen molar-refractivity contribution in [3.05, 3.63) is 0 Å². The standard InChI is InChI=1S/C12H23N.C5H8F2.CO2/c1-3-7-11(8-4-1)13-12-9-5-2-6-10-12;1-3-2-4(3)5(6)7;2-1-3/h11-13H,1-10H2;3-5H,2H2,1H3;. The van der Waals surface area contributed by atoms with Crippen LogP contribution in [-0.4, -0.2) is 24.7 Å². The molecule has 0 aromatic carbocycles. The van der Waals surface area contributed by atoms with Gasteiger partial charge < -0.3 is 5.32 Å². The Labute approximate surface area is 138 Å². The second-order valence-corrected chi connectivity index (χ2v) is 7.13. The zero-order chi connectivity index (χ0) is 17.1. The molecule has 0 heterocycles. The maximum absolute atomic E-state index is 11.5. The van der Waals surface area contributed by atoms with Crippen LogP contribution < -0.4 is 5.32 Å². The summed E-state index contributed by atoms with van der Waals surface area (Å²) in [5, 5.41) is 3.86. The molecule has 0 saturated heterocycles. The van der Waals surface area contributed by atoms with Gasteiger partial charge in [-0.25, -0.2) is 8.78 Å². The molecule has 0 spiro atoms. The SMILES string of the molecule is C1CCC(NC2CCCCC2)CC1.CC1CC1C(F)F.O=C=O. The average Bonchev–Trinajstić information content (AvgIpc) is 3.28. The Morgan fingerprint density at radius 1 is 0.870 bits per heavy atom. The molecule has 0 bridgehead atoms. The van der Waals surface area contributed by atoms with Gasteiger partial charge in [0.2, 0.25) is 6.43 Å². The van der Waals surface area contributed by atoms with E-state index in [1.807, 2.05) is 6.92 Å². The van der Waals surface area contributed by atoms with Crippen LogP contribution in [0, 0.1) is 11.8 Å². The van der Waals surface area contributed by atoms with Gasteiger partial charge in [0.25, 0.3) is 0 Å². The summed E-state index contributed by atoms with van der Waals surface area (Å²) in [6.45, 7) is 1.86. The molecule has 3 aliphatic rings. The van der Waals surface area contributed by atoms with Crippen LogP contribution in [0.1, 0.15) is 77.6 Å². The van der Waals surface area contributed by atoms with Gasteiger partial charge in [0.15, 0.2) is 0 Å². The van der Waals surface area contributed by atoms with Crippen LogP contribution >= 0.6 is 0 Å². The van der Waals surface area contributed by atoms with Gasteiger partial charge in [0, 0.05) is 18.0 Å². The van der Waals surface area contributed by atoms with Crippen molar-refractivity contribution < 1.29 is 18.4 Å². The molecule has 23 heavy (non-hydrogen) atoms. The second kappa shape index (κ2) is 11.7. The van der Waals surface area contributed by atoms with E-state index in [1.165, 1.54) is 64.2 Å². The molecule has 3 nitrogen and oxygen atoms in total. The van der Waals surface area contributed by atoms with Crippen molar-refractivity contribution in [1.29, 1.82) is 0 Å². The normalized spacial score (nSPS) is 28.0. The molecule has 2 atom stereocenters. The van der Waals surface area contributed by atoms with Crippen molar-refractivity contribution in [2.45, 2.75) is 96.1 Å². The number of hydrogen-bond donors (Lipinski definition) is 1. The van der Waals surface area contributed by atoms with Crippen molar-refractivity contribution >= 4 is 6.15 Å². The largest absolute Gasteiger partial charge is 0.373 e. The molecule has 0 radical (unpaired) electrons. The van der Waals surface area contributed by atoms with Gasteiger partial charge >= 0.3 is 6.15 Å². The third-order valence-corrected chi connectivity index (χ3v) is 5.18. The second-order valence-electron chi connectivity index (χ2n) is 7.13. The highest BCUT2D eigenvalue weighted by atomic mass is 19.3. The maximum atomic E-state index is 11.5. The predicted octanol–water partition coefficient (Wildman–Crippen LogP) is 4.57. The fourth-order valence-electron chi connectivity index (χ4n) is 3.57. The van der Waals surface area contributed by atoms with Crippen molar-refractivity contribution in [3.63, 3.8) is 0 Å². The number of alkyl halides is 2. The first-order valence-electron chi connectivity index (χ1n) is 9.12. The number of nitrogens with one attached hydrogen (secondary N) is 1. The van der Waals surface area contributed by atoms with Crippen LogP contribution in [0.5, 0.6) is 0 Å². The molecule has 3 saturated carbocycles. The van der Waals surface area contributed by atoms with Gasteiger partial charge in [0.1, 0.15) is 0 Å². The number of halogens is 2. The van der Waals surface area contributed by atoms with Gasteiger partial charge in [-0.05, 0) is 38.0 Å². The molecule has 3 fully saturated rings. The molecule has 5 heteroatoms. The molecule has 0 aliphatic heterocycles. The molecule has 3 aliphatic carbocycles. The van der Waals surface area contributed by atoms with E-state index >= 15 is 0 Å². The van der Waals surface area contributed by atoms with E-state index in [4.69, 9.17) is 9.59 Å². The summed E-state index contributed by atoms with van der Waals surface area (Å²) in [5.41, 5.74) is 0. The molecule has 1 N–H and O–H groups in total. The van der Waals surface area contributed by atoms with Crippen LogP contribution in [-0.2, 0) is 9.59 Å². The quantitative estimate of drug-likeness (QED) is 0.824. The van der Waals surface area contributed by atoms with Gasteiger partial charge in [-0.2, -0.15) is 9.59 Å². The minimum atomic E-state index is -2.06. The molecule has 0 amide bonds. The van der Waals surface area contributed by atoms with E-state index in [9.17, 15) is 8.78 Å². The Morgan fingerprint density at radius 2 is 1.22 bits per heavy atom. The molecule has 0 aromatic rings. The summed E-state index contributed by atoms with van der Waals surface area (Å²) in [7, 11) is 0. The summed E-state index contributed by atoms with van der Waals surface area (Å²) in [4.78, 5) is 16.2. The molecule has 3 rings (SSSR count). The highest BCUT2D eigenvalue weighted by Gasteiger charge is 2.40. The van der Waals surface area contributed by atoms with Gasteiger partial charge in [-0.1, -0.05) is 45.4 Å². The van der Waals surface area contributed by atoms with Crippen LogP contribution in [0.15, 0.2) is 0 Å². The van der Waals surface area contributed by atoms with E-state index < -0.39 is 6.43 Å². The zero-order valence-electron chi connectivity index (χ0n) is 14.2. The Bertz CT molecular complexity index is 318.